The molecule has 4 heteroatoms. The minimum atomic E-state index is -0.0883. The van der Waals surface area contributed by atoms with Gasteiger partial charge in [0.2, 0.25) is 0 Å². The van der Waals surface area contributed by atoms with E-state index in [0.717, 1.165) is 25.8 Å². The van der Waals surface area contributed by atoms with Crippen molar-refractivity contribution in [2.45, 2.75) is 56.0 Å². The number of benzene rings is 2. The Morgan fingerprint density at radius 1 is 1.17 bits per heavy atom. The molecule has 4 nitrogen and oxygen atoms in total. The number of rotatable bonds is 7. The number of phenols is 1. The number of aromatic hydroxyl groups is 1. The molecule has 1 aliphatic heterocycles. The Labute approximate surface area is 172 Å². The number of hydrogen-bond donors (Lipinski definition) is 1. The van der Waals surface area contributed by atoms with Crippen LogP contribution in [0.15, 0.2) is 54.6 Å². The predicted molar refractivity (Wildman–Crippen MR) is 112 cm³/mol. The molecule has 2 aliphatic carbocycles. The van der Waals surface area contributed by atoms with Crippen LogP contribution in [-0.2, 0) is 21.4 Å². The number of nitrogens with zero attached hydrogens (tertiary/aromatic N) is 1. The molecule has 29 heavy (non-hydrogen) atoms. The maximum atomic E-state index is 12.5. The van der Waals surface area contributed by atoms with Gasteiger partial charge in [0.25, 0.3) is 0 Å². The first-order valence-corrected chi connectivity index (χ1v) is 10.8. The molecule has 0 radical (unpaired) electrons. The van der Waals surface area contributed by atoms with E-state index in [1.165, 1.54) is 17.5 Å². The van der Waals surface area contributed by atoms with Crippen molar-refractivity contribution in [3.05, 3.63) is 65.7 Å². The van der Waals surface area contributed by atoms with E-state index in [0.29, 0.717) is 24.8 Å². The topological polar surface area (TPSA) is 49.5 Å². The molecule has 3 fully saturated rings. The summed E-state index contributed by atoms with van der Waals surface area (Å²) >= 11 is 0. The summed E-state index contributed by atoms with van der Waals surface area (Å²) in [6, 6.07) is 18.8. The van der Waals surface area contributed by atoms with Gasteiger partial charge in [-0.15, -0.1) is 0 Å². The van der Waals surface area contributed by atoms with E-state index in [-0.39, 0.29) is 22.8 Å². The van der Waals surface area contributed by atoms with Crippen LogP contribution in [0.5, 0.6) is 5.75 Å². The second-order valence-electron chi connectivity index (χ2n) is 8.98. The van der Waals surface area contributed by atoms with Crippen molar-refractivity contribution in [3.63, 3.8) is 0 Å². The van der Waals surface area contributed by atoms with Crippen LogP contribution in [-0.4, -0.2) is 40.7 Å². The third-order valence-corrected chi connectivity index (χ3v) is 7.70. The quantitative estimate of drug-likeness (QED) is 0.571. The van der Waals surface area contributed by atoms with Gasteiger partial charge in [-0.05, 0) is 61.8 Å². The van der Waals surface area contributed by atoms with Gasteiger partial charge in [-0.2, -0.15) is 0 Å². The van der Waals surface area contributed by atoms with Crippen molar-refractivity contribution in [2.75, 3.05) is 13.2 Å². The van der Waals surface area contributed by atoms with Gasteiger partial charge in [0.15, 0.2) is 0 Å². The monoisotopic (exact) mass is 391 g/mol. The molecule has 3 aliphatic rings. The zero-order chi connectivity index (χ0) is 20.1. The maximum Gasteiger partial charge on any atom is 0.306 e. The highest BCUT2D eigenvalue weighted by Crippen LogP contribution is 2.73. The molecular weight excluding hydrogens is 362 g/mol. The maximum absolute atomic E-state index is 12.5. The highest BCUT2D eigenvalue weighted by Gasteiger charge is 2.79. The standard InChI is InChI=1S/C25H29NO3/c1-2-29-22(28)16-21-23-25(26(23)14-11-18-7-4-3-5-8-18)13-12-24(21,17-25)19-9-6-10-20(27)15-19/h3-10,15,21,23,27H,2,11-14,16-17H2,1H3/t21-,23+,24-,25?,26?/m1/s1. The zero-order valence-electron chi connectivity index (χ0n) is 17.0. The van der Waals surface area contributed by atoms with E-state index in [4.69, 9.17) is 4.74 Å². The van der Waals surface area contributed by atoms with E-state index in [9.17, 15) is 9.90 Å². The van der Waals surface area contributed by atoms with Crippen molar-refractivity contribution in [2.24, 2.45) is 5.92 Å². The molecule has 5 rings (SSSR count). The van der Waals surface area contributed by atoms with E-state index in [2.05, 4.69) is 41.3 Å². The number of esters is 1. The van der Waals surface area contributed by atoms with Gasteiger partial charge in [0.1, 0.15) is 5.75 Å². The lowest BCUT2D eigenvalue weighted by Crippen LogP contribution is -2.38. The first-order chi connectivity index (χ1) is 14.1. The fourth-order valence-electron chi connectivity index (χ4n) is 6.57. The van der Waals surface area contributed by atoms with Crippen molar-refractivity contribution < 1.29 is 14.6 Å². The van der Waals surface area contributed by atoms with Crippen LogP contribution < -0.4 is 0 Å². The summed E-state index contributed by atoms with van der Waals surface area (Å²) in [5, 5.41) is 10.1. The van der Waals surface area contributed by atoms with Gasteiger partial charge in [0.05, 0.1) is 13.0 Å². The lowest BCUT2D eigenvalue weighted by Gasteiger charge is -2.37. The average molecular weight is 392 g/mol. The van der Waals surface area contributed by atoms with Crippen LogP contribution in [0.2, 0.25) is 0 Å². The third kappa shape index (κ3) is 2.88. The van der Waals surface area contributed by atoms with E-state index in [1.807, 2.05) is 19.1 Å². The van der Waals surface area contributed by atoms with Crippen LogP contribution in [0, 0.1) is 5.92 Å². The van der Waals surface area contributed by atoms with Gasteiger partial charge in [-0.25, -0.2) is 0 Å². The number of likely N-dealkylation sites (tertiary alicyclic amines) is 1. The molecule has 1 spiro atoms. The van der Waals surface area contributed by atoms with Crippen LogP contribution in [0.1, 0.15) is 43.7 Å². The molecule has 152 valence electrons. The Hall–Kier alpha value is -2.33. The predicted octanol–water partition coefficient (Wildman–Crippen LogP) is 4.06. The van der Waals surface area contributed by atoms with Crippen LogP contribution >= 0.6 is 0 Å². The summed E-state index contributed by atoms with van der Waals surface area (Å²) in [7, 11) is 0. The molecule has 5 atom stereocenters. The molecule has 0 amide bonds. The summed E-state index contributed by atoms with van der Waals surface area (Å²) in [5.41, 5.74) is 2.78. The lowest BCUT2D eigenvalue weighted by atomic mass is 9.68. The molecule has 1 heterocycles. The number of fused-ring (bicyclic) bond motifs is 1. The summed E-state index contributed by atoms with van der Waals surface area (Å²) < 4.78 is 5.34. The highest BCUT2D eigenvalue weighted by atomic mass is 16.5. The first kappa shape index (κ1) is 18.7. The van der Waals surface area contributed by atoms with E-state index < -0.39 is 0 Å². The fraction of sp³-hybridized carbons (Fsp3) is 0.480. The minimum absolute atomic E-state index is 0.0145. The number of hydrogen-bond acceptors (Lipinski definition) is 4. The number of phenolic OH excluding ortho intramolecular Hbond substituents is 1. The van der Waals surface area contributed by atoms with Gasteiger partial charge in [-0.1, -0.05) is 42.5 Å². The summed E-state index contributed by atoms with van der Waals surface area (Å²) in [6.45, 7) is 3.34. The molecule has 2 bridgehead atoms. The Kier molecular flexibility index (Phi) is 4.43. The number of ether oxygens (including phenoxy) is 1. The molecule has 2 aromatic rings. The summed E-state index contributed by atoms with van der Waals surface area (Å²) in [4.78, 5) is 15.1. The molecule has 2 saturated carbocycles. The molecular formula is C25H29NO3. The zero-order valence-corrected chi connectivity index (χ0v) is 17.0. The first-order valence-electron chi connectivity index (χ1n) is 10.8. The van der Waals surface area contributed by atoms with Crippen molar-refractivity contribution in [1.82, 2.24) is 4.90 Å². The average Bonchev–Trinajstić information content (AvgIpc) is 3.02. The summed E-state index contributed by atoms with van der Waals surface area (Å²) in [6.07, 6.45) is 4.87. The van der Waals surface area contributed by atoms with Crippen LogP contribution in [0.4, 0.5) is 0 Å². The second kappa shape index (κ2) is 6.88. The SMILES string of the molecule is CCOC(=O)C[C@@H]1[C@@H]2N(CCc3ccccc3)C23CC[C@]1(c1cccc(O)c1)C3. The number of piperidine rings is 1. The molecule has 2 aromatic carbocycles. The largest absolute Gasteiger partial charge is 0.508 e. The normalized spacial score (nSPS) is 34.0. The van der Waals surface area contributed by atoms with E-state index >= 15 is 0 Å². The Bertz CT molecular complexity index is 913. The molecule has 2 unspecified atom stereocenters. The molecule has 1 N–H and O–H groups in total. The van der Waals surface area contributed by atoms with E-state index in [1.54, 1.807) is 6.07 Å². The van der Waals surface area contributed by atoms with Crippen molar-refractivity contribution in [1.29, 1.82) is 0 Å². The molecule has 0 aromatic heterocycles. The Balaban J connectivity index is 1.41. The van der Waals surface area contributed by atoms with Crippen molar-refractivity contribution >= 4 is 5.97 Å². The minimum Gasteiger partial charge on any atom is -0.508 e. The Morgan fingerprint density at radius 3 is 2.76 bits per heavy atom. The summed E-state index contributed by atoms with van der Waals surface area (Å²) in [5.74, 6) is 0.483. The highest BCUT2D eigenvalue weighted by molar-refractivity contribution is 5.71. The smallest absolute Gasteiger partial charge is 0.306 e. The number of carbonyl (C=O) groups excluding carboxylic acids is 1. The molecule has 1 saturated heterocycles. The second-order valence-corrected chi connectivity index (χ2v) is 8.98. The van der Waals surface area contributed by atoms with Gasteiger partial charge in [0, 0.05) is 23.5 Å². The third-order valence-electron chi connectivity index (χ3n) is 7.70. The lowest BCUT2D eigenvalue weighted by molar-refractivity contribution is -0.145. The number of carbonyl (C=O) groups is 1. The fourth-order valence-corrected chi connectivity index (χ4v) is 6.57. The van der Waals surface area contributed by atoms with Crippen molar-refractivity contribution in [3.8, 4) is 5.75 Å². The van der Waals surface area contributed by atoms with Gasteiger partial charge >= 0.3 is 5.97 Å². The Morgan fingerprint density at radius 2 is 2.00 bits per heavy atom. The van der Waals surface area contributed by atoms with Gasteiger partial charge < -0.3 is 9.84 Å². The van der Waals surface area contributed by atoms with Crippen LogP contribution in [0.25, 0.3) is 0 Å². The van der Waals surface area contributed by atoms with Crippen LogP contribution in [0.3, 0.4) is 0 Å². The van der Waals surface area contributed by atoms with Gasteiger partial charge in [-0.3, -0.25) is 9.69 Å².